The van der Waals surface area contributed by atoms with E-state index in [2.05, 4.69) is 129 Å². The molecule has 0 radical (unpaired) electrons. The number of piperazine rings is 1. The zero-order chi connectivity index (χ0) is 69.9. The number of benzene rings is 12. The van der Waals surface area contributed by atoms with Crippen molar-refractivity contribution in [2.24, 2.45) is 0 Å². The molecule has 16 rings (SSSR count). The minimum absolute atomic E-state index is 0. The molecule has 0 amide bonds. The molecule has 103 heavy (non-hydrogen) atoms. The Morgan fingerprint density at radius 3 is 1.24 bits per heavy atom. The van der Waals surface area contributed by atoms with E-state index in [0.29, 0.717) is 32.5 Å². The van der Waals surface area contributed by atoms with Crippen molar-refractivity contribution < 1.29 is 37.0 Å². The van der Waals surface area contributed by atoms with Gasteiger partial charge < -0.3 is 29.5 Å². The molecule has 0 spiro atoms. The predicted octanol–water partition coefficient (Wildman–Crippen LogP) is 23.3. The number of para-hydroxylation sites is 4. The summed E-state index contributed by atoms with van der Waals surface area (Å²) in [6, 6.07) is 74.8. The van der Waals surface area contributed by atoms with Crippen LogP contribution in [0.15, 0.2) is 241 Å². The van der Waals surface area contributed by atoms with Crippen LogP contribution in [0.5, 0.6) is 0 Å². The molecule has 0 atom stereocenters. The quantitative estimate of drug-likeness (QED) is 0.134. The molecule has 13 heteroatoms. The fourth-order valence-electron chi connectivity index (χ4n) is 14.7. The molecule has 0 saturated carbocycles. The topological polar surface area (TPSA) is 91.4 Å². The molecule has 3 heterocycles. The normalized spacial score (nSPS) is 14.2. The summed E-state index contributed by atoms with van der Waals surface area (Å²) in [7, 11) is 4.95. The van der Waals surface area contributed by atoms with Crippen LogP contribution in [-0.4, -0.2) is 70.6 Å². The predicted molar refractivity (Wildman–Crippen MR) is 426 cm³/mol. The van der Waals surface area contributed by atoms with E-state index in [1.165, 1.54) is 73.1 Å². The number of rotatable bonds is 5. The minimum atomic E-state index is -0.364. The van der Waals surface area contributed by atoms with Crippen LogP contribution in [0.3, 0.4) is 0 Å². The molecular weight excluding hydrogens is 1350 g/mol. The summed E-state index contributed by atoms with van der Waals surface area (Å²) in [6.45, 7) is 18.1. The number of nitrogens with one attached hydrogen (secondary N) is 1. The maximum atomic E-state index is 15.0. The van der Waals surface area contributed by atoms with Crippen molar-refractivity contribution in [3.05, 3.63) is 320 Å². The summed E-state index contributed by atoms with van der Waals surface area (Å²) >= 11 is 3.02. The SMILES string of the molecule is C.C.C.C.CC1(C)c2ccccc2N(c2ccccc2F)c2ccc3cc(C=O)ccc3c21.CN1CCNCC1.COC(=O)c1ccc2c3c(ccc2c1)Cc1ccccc1C3(C)C.COC(=O)c1ccc2c3c(ccc2c1)N(c1ccccc1F)c1ccccc1C3(C)C.Fc1ccccc1Br. The van der Waals surface area contributed by atoms with Crippen LogP contribution in [0.2, 0.25) is 0 Å². The van der Waals surface area contributed by atoms with Gasteiger partial charge in [0.15, 0.2) is 0 Å². The Hall–Kier alpha value is -10.2. The average Bonchev–Trinajstić information content (AvgIpc) is 0.722. The Morgan fingerprint density at radius 2 is 0.816 bits per heavy atom. The van der Waals surface area contributed by atoms with Gasteiger partial charge in [0.25, 0.3) is 0 Å². The smallest absolute Gasteiger partial charge is 0.337 e. The van der Waals surface area contributed by atoms with E-state index < -0.39 is 0 Å². The molecule has 1 fully saturated rings. The number of esters is 2. The molecule has 9 nitrogen and oxygen atoms in total. The highest BCUT2D eigenvalue weighted by Crippen LogP contribution is 2.56. The number of carbonyl (C=O) groups is 3. The average molecular weight is 1450 g/mol. The Labute approximate surface area is 615 Å². The lowest BCUT2D eigenvalue weighted by atomic mass is 9.67. The first-order chi connectivity index (χ1) is 47.7. The van der Waals surface area contributed by atoms with Gasteiger partial charge in [-0.1, -0.05) is 217 Å². The summed E-state index contributed by atoms with van der Waals surface area (Å²) in [4.78, 5) is 41.4. The van der Waals surface area contributed by atoms with Gasteiger partial charge >= 0.3 is 11.9 Å². The number of aldehydes is 1. The lowest BCUT2D eigenvalue weighted by Crippen LogP contribution is -2.40. The Morgan fingerprint density at radius 1 is 0.427 bits per heavy atom. The molecule has 532 valence electrons. The number of halogens is 4. The molecule has 3 aliphatic heterocycles. The molecule has 12 aromatic rings. The summed E-state index contributed by atoms with van der Waals surface area (Å²) < 4.78 is 52.4. The van der Waals surface area contributed by atoms with Crippen molar-refractivity contribution in [3.8, 4) is 0 Å². The van der Waals surface area contributed by atoms with Crippen LogP contribution in [0, 0.1) is 17.5 Å². The van der Waals surface area contributed by atoms with Crippen LogP contribution < -0.4 is 15.1 Å². The van der Waals surface area contributed by atoms with E-state index in [0.717, 1.165) is 97.7 Å². The number of hydrogen-bond donors (Lipinski definition) is 1. The Kier molecular flexibility index (Phi) is 25.1. The van der Waals surface area contributed by atoms with E-state index in [1.54, 1.807) is 42.5 Å². The van der Waals surface area contributed by atoms with Crippen molar-refractivity contribution in [2.75, 3.05) is 57.2 Å². The van der Waals surface area contributed by atoms with E-state index in [1.807, 2.05) is 131 Å². The number of hydrogen-bond acceptors (Lipinski definition) is 9. The molecule has 0 unspecified atom stereocenters. The summed E-state index contributed by atoms with van der Waals surface area (Å²) in [5.74, 6) is -1.41. The lowest BCUT2D eigenvalue weighted by Gasteiger charge is -2.42. The van der Waals surface area contributed by atoms with Crippen LogP contribution in [0.25, 0.3) is 32.3 Å². The zero-order valence-corrected chi connectivity index (χ0v) is 58.6. The molecule has 12 aromatic carbocycles. The van der Waals surface area contributed by atoms with E-state index in [-0.39, 0.29) is 75.3 Å². The fraction of sp³-hybridized carbons (Fsp3) is 0.233. The monoisotopic (exact) mass is 1450 g/mol. The fourth-order valence-corrected chi connectivity index (χ4v) is 15.0. The van der Waals surface area contributed by atoms with Gasteiger partial charge in [-0.3, -0.25) is 4.79 Å². The molecule has 1 N–H and O–H groups in total. The number of fused-ring (bicyclic) bond motifs is 12. The first kappa shape index (κ1) is 78.5. The van der Waals surface area contributed by atoms with Crippen LogP contribution in [-0.2, 0) is 32.1 Å². The van der Waals surface area contributed by atoms with Crippen molar-refractivity contribution >= 4 is 101 Å². The van der Waals surface area contributed by atoms with Gasteiger partial charge in [-0.25, -0.2) is 22.8 Å². The van der Waals surface area contributed by atoms with Gasteiger partial charge in [0.2, 0.25) is 0 Å². The van der Waals surface area contributed by atoms with Gasteiger partial charge in [0.1, 0.15) is 23.7 Å². The number of carbonyl (C=O) groups excluding carboxylic acids is 3. The molecule has 4 aliphatic rings. The highest BCUT2D eigenvalue weighted by Gasteiger charge is 2.41. The molecule has 1 saturated heterocycles. The Bertz CT molecular complexity index is 5040. The molecule has 0 aromatic heterocycles. The highest BCUT2D eigenvalue weighted by atomic mass is 79.9. The Balaban J connectivity index is 0.000000175. The maximum absolute atomic E-state index is 15.0. The summed E-state index contributed by atoms with van der Waals surface area (Å²) in [5.41, 5.74) is 16.0. The van der Waals surface area contributed by atoms with Crippen LogP contribution >= 0.6 is 15.9 Å². The minimum Gasteiger partial charge on any atom is -0.465 e. The zero-order valence-electron chi connectivity index (χ0n) is 57.0. The highest BCUT2D eigenvalue weighted by molar-refractivity contribution is 9.10. The third-order valence-electron chi connectivity index (χ3n) is 19.5. The molecule has 0 bridgehead atoms. The van der Waals surface area contributed by atoms with Gasteiger partial charge in [-0.05, 0) is 197 Å². The van der Waals surface area contributed by atoms with Crippen molar-refractivity contribution in [1.29, 1.82) is 0 Å². The van der Waals surface area contributed by atoms with Gasteiger partial charge in [-0.2, -0.15) is 0 Å². The summed E-state index contributed by atoms with van der Waals surface area (Å²) in [6.07, 6.45) is 1.83. The van der Waals surface area contributed by atoms with Crippen molar-refractivity contribution in [2.45, 2.75) is 93.9 Å². The second-order valence-electron chi connectivity index (χ2n) is 26.8. The number of anilines is 6. The van der Waals surface area contributed by atoms with E-state index >= 15 is 0 Å². The van der Waals surface area contributed by atoms with Gasteiger partial charge in [0.05, 0.1) is 63.9 Å². The first-order valence-corrected chi connectivity index (χ1v) is 34.0. The second-order valence-corrected chi connectivity index (χ2v) is 27.6. The van der Waals surface area contributed by atoms with Crippen molar-refractivity contribution in [3.63, 3.8) is 0 Å². The number of likely N-dealkylation sites (N-methyl/N-ethyl adjacent to an activating group) is 1. The molecule has 1 aliphatic carbocycles. The maximum Gasteiger partial charge on any atom is 0.337 e. The largest absolute Gasteiger partial charge is 0.465 e. The standard InChI is InChI=1S/C27H22FNO2.C26H20FNO.C22H20O2.C6H4BrF.C5H12N2.4CH4/c1-27(2)20-8-4-6-10-22(20)29(23-11-7-5-9-21(23)28)24-15-13-17-16-18(26(30)31-3)12-14-19(17)25(24)27;1-26(2)20-7-3-5-9-22(20)28(23-10-6-4-8-21(23)27)24-14-12-18-15-17(16-29)11-13-19(18)25(24)26;1-22(2)19-7-5-4-6-15(19)13-16-9-8-14-12-17(21(23)24-3)10-11-18(14)20(16)22;7-5-3-1-2-4-6(5)8;1-7-4-2-6-3-5-7;;;;/h4-16H,1-3H3;3-16H,1-2H3;4-12H,13H2,1-3H3;1-4H;6H,2-5H2,1H3;4*1H4. The third kappa shape index (κ3) is 15.3. The van der Waals surface area contributed by atoms with Gasteiger partial charge in [-0.15, -0.1) is 0 Å². The van der Waals surface area contributed by atoms with Crippen LogP contribution in [0.4, 0.5) is 47.3 Å². The van der Waals surface area contributed by atoms with Crippen molar-refractivity contribution in [1.82, 2.24) is 10.2 Å². The number of nitrogens with zero attached hydrogens (tertiary/aromatic N) is 3. The van der Waals surface area contributed by atoms with Gasteiger partial charge in [0, 0.05) is 48.0 Å². The third-order valence-corrected chi connectivity index (χ3v) is 20.2. The molecular formula is C90H94BrF3N4O5. The van der Waals surface area contributed by atoms with E-state index in [4.69, 9.17) is 9.47 Å². The number of ether oxygens (including phenoxy) is 2. The second kappa shape index (κ2) is 32.9. The first-order valence-electron chi connectivity index (χ1n) is 33.2. The van der Waals surface area contributed by atoms with E-state index in [9.17, 15) is 27.6 Å². The summed E-state index contributed by atoms with van der Waals surface area (Å²) in [5, 5.41) is 9.65. The lowest BCUT2D eigenvalue weighted by molar-refractivity contribution is 0.0592. The number of methoxy groups -OCH3 is 2. The van der Waals surface area contributed by atoms with Crippen LogP contribution in [0.1, 0.15) is 147 Å².